The number of hydrogen-bond donors (Lipinski definition) is 0. The molecular formula is C18H29N3O4S. The summed E-state index contributed by atoms with van der Waals surface area (Å²) < 4.78 is 30.3. The van der Waals surface area contributed by atoms with E-state index in [-0.39, 0.29) is 5.91 Å². The lowest BCUT2D eigenvalue weighted by molar-refractivity contribution is -0.140. The number of nitrogens with zero attached hydrogens (tertiary/aromatic N) is 3. The van der Waals surface area contributed by atoms with E-state index >= 15 is 0 Å². The predicted molar refractivity (Wildman–Crippen MR) is 103 cm³/mol. The van der Waals surface area contributed by atoms with Gasteiger partial charge in [0.2, 0.25) is 10.0 Å². The average Bonchev–Trinajstić information content (AvgIpc) is 2.64. The van der Waals surface area contributed by atoms with E-state index in [1.54, 1.807) is 24.3 Å². The minimum atomic E-state index is -3.30. The molecule has 0 N–H and O–H groups in total. The van der Waals surface area contributed by atoms with Crippen molar-refractivity contribution in [2.45, 2.75) is 26.4 Å². The van der Waals surface area contributed by atoms with Gasteiger partial charge in [0, 0.05) is 33.2 Å². The Morgan fingerprint density at radius 2 is 1.73 bits per heavy atom. The molecule has 146 valence electrons. The predicted octanol–water partition coefficient (Wildman–Crippen LogP) is 1.40. The second kappa shape index (κ2) is 8.73. The van der Waals surface area contributed by atoms with Gasteiger partial charge in [0.05, 0.1) is 11.9 Å². The Kier molecular flexibility index (Phi) is 6.88. The number of ether oxygens (including phenoxy) is 1. The third-order valence-electron chi connectivity index (χ3n) is 4.75. The van der Waals surface area contributed by atoms with Crippen LogP contribution in [0.1, 0.15) is 20.3 Å². The summed E-state index contributed by atoms with van der Waals surface area (Å²) >= 11 is 0. The Morgan fingerprint density at radius 3 is 2.19 bits per heavy atom. The highest BCUT2D eigenvalue weighted by molar-refractivity contribution is 7.92. The molecule has 1 saturated heterocycles. The van der Waals surface area contributed by atoms with Crippen LogP contribution in [0.3, 0.4) is 0 Å². The Labute approximate surface area is 156 Å². The number of rotatable bonds is 7. The summed E-state index contributed by atoms with van der Waals surface area (Å²) in [7, 11) is -1.80. The van der Waals surface area contributed by atoms with Crippen LogP contribution >= 0.6 is 0 Å². The zero-order valence-electron chi connectivity index (χ0n) is 16.0. The molecule has 0 aromatic heterocycles. The topological polar surface area (TPSA) is 70.2 Å². The van der Waals surface area contributed by atoms with Gasteiger partial charge >= 0.3 is 0 Å². The molecule has 0 saturated carbocycles. The molecule has 1 fully saturated rings. The van der Waals surface area contributed by atoms with Gasteiger partial charge in [0.25, 0.3) is 5.91 Å². The lowest BCUT2D eigenvalue weighted by atomic mass is 10.2. The molecule has 1 aromatic rings. The molecular weight excluding hydrogens is 354 g/mol. The van der Waals surface area contributed by atoms with Gasteiger partial charge in [-0.2, -0.15) is 0 Å². The highest BCUT2D eigenvalue weighted by atomic mass is 32.2. The van der Waals surface area contributed by atoms with Crippen LogP contribution in [0.4, 0.5) is 5.69 Å². The highest BCUT2D eigenvalue weighted by Gasteiger charge is 2.27. The van der Waals surface area contributed by atoms with Crippen LogP contribution in [-0.4, -0.2) is 76.3 Å². The van der Waals surface area contributed by atoms with E-state index in [4.69, 9.17) is 4.74 Å². The van der Waals surface area contributed by atoms with E-state index in [1.807, 2.05) is 11.8 Å². The molecule has 1 aliphatic rings. The second-order valence-corrected chi connectivity index (χ2v) is 8.51. The maximum Gasteiger partial charge on any atom is 0.263 e. The number of carbonyl (C=O) groups is 1. The van der Waals surface area contributed by atoms with Crippen molar-refractivity contribution in [2.75, 3.05) is 50.3 Å². The Hall–Kier alpha value is -1.80. The van der Waals surface area contributed by atoms with Gasteiger partial charge in [-0.25, -0.2) is 8.42 Å². The molecule has 8 heteroatoms. The van der Waals surface area contributed by atoms with Crippen molar-refractivity contribution in [3.05, 3.63) is 24.3 Å². The first-order valence-corrected chi connectivity index (χ1v) is 10.8. The number of anilines is 1. The second-order valence-electron chi connectivity index (χ2n) is 6.50. The van der Waals surface area contributed by atoms with E-state index in [0.717, 1.165) is 39.0 Å². The van der Waals surface area contributed by atoms with Crippen molar-refractivity contribution in [3.8, 4) is 5.75 Å². The third-order valence-corrected chi connectivity index (χ3v) is 5.96. The Bertz CT molecular complexity index is 698. The number of likely N-dealkylation sites (N-methyl/N-ethyl adjacent to an activating group) is 1. The van der Waals surface area contributed by atoms with E-state index in [9.17, 15) is 13.2 Å². The fraction of sp³-hybridized carbons (Fsp3) is 0.611. The number of amides is 1. The van der Waals surface area contributed by atoms with Crippen LogP contribution in [0.15, 0.2) is 24.3 Å². The average molecular weight is 384 g/mol. The van der Waals surface area contributed by atoms with Crippen LogP contribution in [0.25, 0.3) is 0 Å². The van der Waals surface area contributed by atoms with Crippen molar-refractivity contribution in [2.24, 2.45) is 0 Å². The minimum absolute atomic E-state index is 0.0144. The molecule has 0 unspecified atom stereocenters. The summed E-state index contributed by atoms with van der Waals surface area (Å²) in [6.07, 6.45) is 1.21. The van der Waals surface area contributed by atoms with Gasteiger partial charge in [0.1, 0.15) is 5.75 Å². The standard InChI is InChI=1S/C18H29N3O4S/c1-5-17(18(22)21-13-11-20(6-2)12-14-21)25-16-9-7-15(8-10-16)19(3)26(4,23)24/h7-10,17H,5-6,11-14H2,1-4H3/t17-/m0/s1. The van der Waals surface area contributed by atoms with E-state index in [1.165, 1.54) is 11.4 Å². The maximum atomic E-state index is 12.7. The van der Waals surface area contributed by atoms with E-state index in [2.05, 4.69) is 11.8 Å². The van der Waals surface area contributed by atoms with Gasteiger partial charge in [-0.1, -0.05) is 13.8 Å². The van der Waals surface area contributed by atoms with Gasteiger partial charge in [0.15, 0.2) is 6.10 Å². The number of piperazine rings is 1. The summed E-state index contributed by atoms with van der Waals surface area (Å²) in [6, 6.07) is 6.74. The maximum absolute atomic E-state index is 12.7. The molecule has 0 aliphatic carbocycles. The van der Waals surface area contributed by atoms with Crippen molar-refractivity contribution in [1.29, 1.82) is 0 Å². The molecule has 1 aromatic carbocycles. The first kappa shape index (κ1) is 20.5. The highest BCUT2D eigenvalue weighted by Crippen LogP contribution is 2.22. The molecule has 1 heterocycles. The lowest BCUT2D eigenvalue weighted by Crippen LogP contribution is -2.52. The third kappa shape index (κ3) is 5.11. The first-order chi connectivity index (χ1) is 12.3. The van der Waals surface area contributed by atoms with E-state index in [0.29, 0.717) is 17.9 Å². The van der Waals surface area contributed by atoms with Gasteiger partial charge in [-0.05, 0) is 37.2 Å². The van der Waals surface area contributed by atoms with Gasteiger partial charge in [-0.15, -0.1) is 0 Å². The zero-order valence-corrected chi connectivity index (χ0v) is 16.8. The molecule has 2 rings (SSSR count). The van der Waals surface area contributed by atoms with Crippen LogP contribution in [0.2, 0.25) is 0 Å². The SMILES string of the molecule is CC[C@H](Oc1ccc(N(C)S(C)(=O)=O)cc1)C(=O)N1CCN(CC)CC1. The summed E-state index contributed by atoms with van der Waals surface area (Å²) in [6.45, 7) is 8.30. The molecule has 0 bridgehead atoms. The molecule has 26 heavy (non-hydrogen) atoms. The Balaban J connectivity index is 2.00. The summed E-state index contributed by atoms with van der Waals surface area (Å²) in [4.78, 5) is 16.9. The number of carbonyl (C=O) groups excluding carboxylic acids is 1. The Morgan fingerprint density at radius 1 is 1.15 bits per heavy atom. The molecule has 0 spiro atoms. The molecule has 1 amide bonds. The van der Waals surface area contributed by atoms with E-state index < -0.39 is 16.1 Å². The molecule has 1 aliphatic heterocycles. The van der Waals surface area contributed by atoms with Crippen LogP contribution < -0.4 is 9.04 Å². The fourth-order valence-corrected chi connectivity index (χ4v) is 3.39. The number of hydrogen-bond acceptors (Lipinski definition) is 5. The van der Waals surface area contributed by atoms with Gasteiger partial charge < -0.3 is 14.5 Å². The summed E-state index contributed by atoms with van der Waals surface area (Å²) in [5.74, 6) is 0.573. The lowest BCUT2D eigenvalue weighted by Gasteiger charge is -2.35. The quantitative estimate of drug-likeness (QED) is 0.712. The van der Waals surface area contributed by atoms with Crippen LogP contribution in [0.5, 0.6) is 5.75 Å². The van der Waals surface area contributed by atoms with Gasteiger partial charge in [-0.3, -0.25) is 9.10 Å². The fourth-order valence-electron chi connectivity index (χ4n) is 2.89. The van der Waals surface area contributed by atoms with Crippen LogP contribution in [0, 0.1) is 0 Å². The molecule has 0 radical (unpaired) electrons. The summed E-state index contributed by atoms with van der Waals surface area (Å²) in [5, 5.41) is 0. The van der Waals surface area contributed by atoms with Crippen molar-refractivity contribution in [3.63, 3.8) is 0 Å². The number of benzene rings is 1. The normalized spacial score (nSPS) is 17.0. The largest absolute Gasteiger partial charge is 0.481 e. The summed E-state index contributed by atoms with van der Waals surface area (Å²) in [5.41, 5.74) is 0.551. The number of sulfonamides is 1. The molecule has 7 nitrogen and oxygen atoms in total. The zero-order chi connectivity index (χ0) is 19.3. The van der Waals surface area contributed by atoms with Crippen LogP contribution in [-0.2, 0) is 14.8 Å². The monoisotopic (exact) mass is 383 g/mol. The smallest absolute Gasteiger partial charge is 0.263 e. The van der Waals surface area contributed by atoms with Crippen molar-refractivity contribution >= 4 is 21.6 Å². The van der Waals surface area contributed by atoms with Crippen molar-refractivity contribution < 1.29 is 17.9 Å². The van der Waals surface area contributed by atoms with Crippen molar-refractivity contribution in [1.82, 2.24) is 9.80 Å². The first-order valence-electron chi connectivity index (χ1n) is 8.98. The molecule has 1 atom stereocenters. The minimum Gasteiger partial charge on any atom is -0.481 e.